The molecule has 0 unspecified atom stereocenters. The van der Waals surface area contributed by atoms with Gasteiger partial charge in [-0.25, -0.2) is 0 Å². The molecule has 0 saturated heterocycles. The fourth-order valence-electron chi connectivity index (χ4n) is 2.77. The average molecular weight is 429 g/mol. The Hall–Kier alpha value is -3.39. The molecule has 0 aromatic heterocycles. The number of carbonyl (C=O) groups is 1. The minimum atomic E-state index is -5.05. The van der Waals surface area contributed by atoms with Crippen molar-refractivity contribution in [1.82, 2.24) is 4.90 Å². The van der Waals surface area contributed by atoms with Gasteiger partial charge in [-0.3, -0.25) is 4.79 Å². The van der Waals surface area contributed by atoms with E-state index in [-0.39, 0.29) is 18.3 Å². The van der Waals surface area contributed by atoms with Crippen LogP contribution in [0, 0.1) is 0 Å². The van der Waals surface area contributed by atoms with Crippen LogP contribution in [0.25, 0.3) is 0 Å². The zero-order chi connectivity index (χ0) is 21.6. The molecule has 0 aliphatic heterocycles. The zero-order valence-corrected chi connectivity index (χ0v) is 17.0. The molecule has 3 rings (SSSR count). The smallest absolute Gasteiger partial charge is 0.488 e. The van der Waals surface area contributed by atoms with Gasteiger partial charge in [0.15, 0.2) is 0 Å². The molecule has 3 aromatic rings. The van der Waals surface area contributed by atoms with Gasteiger partial charge in [0.2, 0.25) is 0 Å². The van der Waals surface area contributed by atoms with Gasteiger partial charge in [-0.2, -0.15) is 8.42 Å². The fourth-order valence-corrected chi connectivity index (χ4v) is 3.11. The first kappa shape index (κ1) is 21.3. The Morgan fingerprint density at radius 2 is 1.47 bits per heavy atom. The van der Waals surface area contributed by atoms with Crippen molar-refractivity contribution in [1.29, 1.82) is 0 Å². The summed E-state index contributed by atoms with van der Waals surface area (Å²) in [7, 11) is -3.29. The van der Waals surface area contributed by atoms with Crippen LogP contribution in [0.5, 0.6) is 11.5 Å². The Labute approximate surface area is 174 Å². The molecular formula is C22H20FNO5S. The van der Waals surface area contributed by atoms with Crippen LogP contribution in [-0.4, -0.2) is 26.3 Å². The van der Waals surface area contributed by atoms with E-state index >= 15 is 0 Å². The zero-order valence-electron chi connectivity index (χ0n) is 16.2. The number of nitrogens with zero attached hydrogens (tertiary/aromatic N) is 1. The first-order chi connectivity index (χ1) is 14.3. The van der Waals surface area contributed by atoms with Crippen molar-refractivity contribution in [2.45, 2.75) is 13.2 Å². The second kappa shape index (κ2) is 9.41. The van der Waals surface area contributed by atoms with Crippen molar-refractivity contribution in [3.05, 3.63) is 95.6 Å². The van der Waals surface area contributed by atoms with Crippen LogP contribution >= 0.6 is 0 Å². The topological polar surface area (TPSA) is 72.9 Å². The lowest BCUT2D eigenvalue weighted by molar-refractivity contribution is 0.0785. The van der Waals surface area contributed by atoms with Crippen LogP contribution in [-0.2, 0) is 23.7 Å². The second-order valence-corrected chi connectivity index (χ2v) is 7.53. The Morgan fingerprint density at radius 3 is 2.07 bits per heavy atom. The molecule has 0 N–H and O–H groups in total. The van der Waals surface area contributed by atoms with Crippen molar-refractivity contribution >= 4 is 16.4 Å². The Morgan fingerprint density at radius 1 is 0.867 bits per heavy atom. The number of ether oxygens (including phenoxy) is 1. The molecule has 156 valence electrons. The van der Waals surface area contributed by atoms with E-state index in [0.29, 0.717) is 17.9 Å². The molecule has 0 aliphatic carbocycles. The fraction of sp³-hybridized carbons (Fsp3) is 0.136. The highest BCUT2D eigenvalue weighted by molar-refractivity contribution is 7.81. The lowest BCUT2D eigenvalue weighted by Crippen LogP contribution is -2.26. The number of hydrogen-bond acceptors (Lipinski definition) is 5. The first-order valence-electron chi connectivity index (χ1n) is 9.05. The molecule has 1 amide bonds. The largest absolute Gasteiger partial charge is 0.489 e. The van der Waals surface area contributed by atoms with Crippen LogP contribution in [0.1, 0.15) is 21.5 Å². The van der Waals surface area contributed by atoms with Crippen molar-refractivity contribution in [3.63, 3.8) is 0 Å². The van der Waals surface area contributed by atoms with Gasteiger partial charge >= 0.3 is 10.5 Å². The van der Waals surface area contributed by atoms with E-state index in [0.717, 1.165) is 11.1 Å². The van der Waals surface area contributed by atoms with Gasteiger partial charge in [-0.15, -0.1) is 0 Å². The highest BCUT2D eigenvalue weighted by Crippen LogP contribution is 2.20. The molecule has 30 heavy (non-hydrogen) atoms. The SMILES string of the molecule is CN(Cc1ccccc1)C(=O)c1ccc(COc2ccc(OS(=O)(=O)F)cc2)cc1. The van der Waals surface area contributed by atoms with E-state index in [4.69, 9.17) is 4.74 Å². The normalized spacial score (nSPS) is 11.0. The highest BCUT2D eigenvalue weighted by Gasteiger charge is 2.12. The van der Waals surface area contributed by atoms with Crippen LogP contribution in [0.3, 0.4) is 0 Å². The third-order valence-electron chi connectivity index (χ3n) is 4.24. The Kier molecular flexibility index (Phi) is 6.68. The summed E-state index contributed by atoms with van der Waals surface area (Å²) in [6, 6.07) is 22.4. The molecule has 6 nitrogen and oxygen atoms in total. The molecule has 0 spiro atoms. The van der Waals surface area contributed by atoms with E-state index in [1.807, 2.05) is 30.3 Å². The number of amides is 1. The maximum atomic E-state index is 12.6. The van der Waals surface area contributed by atoms with Crippen LogP contribution in [0.4, 0.5) is 3.89 Å². The predicted molar refractivity (Wildman–Crippen MR) is 110 cm³/mol. The van der Waals surface area contributed by atoms with Crippen molar-refractivity contribution in [3.8, 4) is 11.5 Å². The number of rotatable bonds is 8. The molecule has 0 radical (unpaired) electrons. The van der Waals surface area contributed by atoms with Gasteiger partial charge < -0.3 is 13.8 Å². The summed E-state index contributed by atoms with van der Waals surface area (Å²) in [6.45, 7) is 0.768. The molecule has 0 aliphatic rings. The van der Waals surface area contributed by atoms with Crippen molar-refractivity contribution in [2.75, 3.05) is 7.05 Å². The first-order valence-corrected chi connectivity index (χ1v) is 10.4. The molecule has 8 heteroatoms. The Bertz CT molecular complexity index is 1080. The standard InChI is InChI=1S/C22H20FNO5S/c1-24(15-17-5-3-2-4-6-17)22(25)19-9-7-18(8-10-19)16-28-20-11-13-21(14-12-20)29-30(23,26)27/h2-14H,15-16H2,1H3. The number of benzene rings is 3. The average Bonchev–Trinajstić information content (AvgIpc) is 2.73. The predicted octanol–water partition coefficient (Wildman–Crippen LogP) is 4.13. The van der Waals surface area contributed by atoms with Gasteiger partial charge in [-0.05, 0) is 47.5 Å². The summed E-state index contributed by atoms with van der Waals surface area (Å²) in [4.78, 5) is 14.2. The molecule has 0 fully saturated rings. The third-order valence-corrected chi connectivity index (χ3v) is 4.63. The summed E-state index contributed by atoms with van der Waals surface area (Å²) >= 11 is 0. The summed E-state index contributed by atoms with van der Waals surface area (Å²) in [5.41, 5.74) is 2.48. The van der Waals surface area contributed by atoms with E-state index < -0.39 is 10.5 Å². The number of carbonyl (C=O) groups excluding carboxylic acids is 1. The minimum Gasteiger partial charge on any atom is -0.489 e. The quantitative estimate of drug-likeness (QED) is 0.504. The van der Waals surface area contributed by atoms with E-state index in [1.54, 1.807) is 36.2 Å². The van der Waals surface area contributed by atoms with Crippen LogP contribution in [0.2, 0.25) is 0 Å². The second-order valence-electron chi connectivity index (χ2n) is 6.58. The number of hydrogen-bond donors (Lipinski definition) is 0. The molecule has 0 atom stereocenters. The van der Waals surface area contributed by atoms with Crippen LogP contribution in [0.15, 0.2) is 78.9 Å². The van der Waals surface area contributed by atoms with E-state index in [9.17, 15) is 17.1 Å². The molecule has 0 saturated carbocycles. The summed E-state index contributed by atoms with van der Waals surface area (Å²) in [5, 5.41) is 0. The van der Waals surface area contributed by atoms with Crippen LogP contribution < -0.4 is 8.92 Å². The summed E-state index contributed by atoms with van der Waals surface area (Å²) in [6.07, 6.45) is 0. The summed E-state index contributed by atoms with van der Waals surface area (Å²) < 4.78 is 43.1. The maximum absolute atomic E-state index is 12.6. The van der Waals surface area contributed by atoms with Gasteiger partial charge in [0.25, 0.3) is 5.91 Å². The maximum Gasteiger partial charge on any atom is 0.488 e. The van der Waals surface area contributed by atoms with Crippen molar-refractivity contribution in [2.24, 2.45) is 0 Å². The molecular weight excluding hydrogens is 409 g/mol. The van der Waals surface area contributed by atoms with Gasteiger partial charge in [0.1, 0.15) is 18.1 Å². The minimum absolute atomic E-state index is 0.0790. The van der Waals surface area contributed by atoms with E-state index in [1.165, 1.54) is 24.3 Å². The monoisotopic (exact) mass is 429 g/mol. The number of halogens is 1. The van der Waals surface area contributed by atoms with Gasteiger partial charge in [-0.1, -0.05) is 46.4 Å². The van der Waals surface area contributed by atoms with Gasteiger partial charge in [0, 0.05) is 19.2 Å². The molecule has 3 aromatic carbocycles. The molecule has 0 heterocycles. The molecule has 0 bridgehead atoms. The highest BCUT2D eigenvalue weighted by atomic mass is 32.3. The summed E-state index contributed by atoms with van der Waals surface area (Å²) in [5.74, 6) is 0.235. The van der Waals surface area contributed by atoms with E-state index in [2.05, 4.69) is 4.18 Å². The third kappa shape index (κ3) is 6.31. The van der Waals surface area contributed by atoms with Gasteiger partial charge in [0.05, 0.1) is 0 Å². The Balaban J connectivity index is 1.54. The lowest BCUT2D eigenvalue weighted by atomic mass is 10.1. The van der Waals surface area contributed by atoms with Crippen molar-refractivity contribution < 1.29 is 26.0 Å². The lowest BCUT2D eigenvalue weighted by Gasteiger charge is -2.17.